The van der Waals surface area contributed by atoms with Crippen molar-refractivity contribution in [2.75, 3.05) is 19.8 Å². The van der Waals surface area contributed by atoms with E-state index in [1.807, 2.05) is 32.6 Å². The van der Waals surface area contributed by atoms with Crippen LogP contribution in [0.15, 0.2) is 25.3 Å². The van der Waals surface area contributed by atoms with Crippen LogP contribution in [0.2, 0.25) is 0 Å². The molecule has 42 heavy (non-hydrogen) atoms. The Hall–Kier alpha value is -2.19. The van der Waals surface area contributed by atoms with Crippen LogP contribution in [0, 0.1) is 29.1 Å². The number of unbranched alkanes of at least 4 members (excludes halogenated alkanes) is 1. The Kier molecular flexibility index (Phi) is 10.2. The number of ether oxygens (including phenoxy) is 2. The molecule has 3 aliphatic heterocycles. The van der Waals surface area contributed by atoms with Crippen LogP contribution in [0.4, 0.5) is 0 Å². The minimum Gasteiger partial charge on any atom is -0.465 e. The van der Waals surface area contributed by atoms with E-state index in [2.05, 4.69) is 47.8 Å². The molecule has 8 heteroatoms. The molecule has 2 bridgehead atoms. The number of hydrogen-bond acceptors (Lipinski definition) is 6. The number of likely N-dealkylation sites (tertiary alicyclic amines) is 1. The zero-order valence-corrected chi connectivity index (χ0v) is 27.6. The van der Waals surface area contributed by atoms with Crippen molar-refractivity contribution in [1.29, 1.82) is 0 Å². The molecule has 0 aromatic rings. The summed E-state index contributed by atoms with van der Waals surface area (Å²) in [5.41, 5.74) is -2.78. The van der Waals surface area contributed by atoms with Crippen LogP contribution in [0.5, 0.6) is 0 Å². The van der Waals surface area contributed by atoms with Crippen LogP contribution in [-0.2, 0) is 23.9 Å². The molecule has 3 fully saturated rings. The third kappa shape index (κ3) is 5.82. The van der Waals surface area contributed by atoms with Crippen molar-refractivity contribution in [3.8, 4) is 0 Å². The van der Waals surface area contributed by atoms with Crippen LogP contribution in [0.1, 0.15) is 94.4 Å². The summed E-state index contributed by atoms with van der Waals surface area (Å²) in [6, 6.07) is -1.58. The third-order valence-corrected chi connectivity index (χ3v) is 10.2. The lowest BCUT2D eigenvalue weighted by Gasteiger charge is -2.47. The normalized spacial score (nSPS) is 32.0. The number of fused-ring (bicyclic) bond motifs is 1. The second-order valence-electron chi connectivity index (χ2n) is 15.0. The van der Waals surface area contributed by atoms with Gasteiger partial charge in [0.2, 0.25) is 11.8 Å². The number of aliphatic hydroxyl groups excluding tert-OH is 1. The van der Waals surface area contributed by atoms with E-state index in [9.17, 15) is 14.7 Å². The highest BCUT2D eigenvalue weighted by molar-refractivity contribution is 5.99. The number of aliphatic hydroxyl groups is 1. The van der Waals surface area contributed by atoms with Gasteiger partial charge in [0.05, 0.1) is 30.8 Å². The largest absolute Gasteiger partial charge is 0.465 e. The molecule has 1 spiro atoms. The lowest BCUT2D eigenvalue weighted by molar-refractivity contribution is -0.165. The minimum absolute atomic E-state index is 0.0652. The van der Waals surface area contributed by atoms with Gasteiger partial charge in [0.1, 0.15) is 17.6 Å². The first-order valence-electron chi connectivity index (χ1n) is 15.8. The summed E-state index contributed by atoms with van der Waals surface area (Å²) in [6.45, 7) is 26.4. The second-order valence-corrected chi connectivity index (χ2v) is 15.0. The summed E-state index contributed by atoms with van der Waals surface area (Å²) >= 11 is 0. The fourth-order valence-corrected chi connectivity index (χ4v) is 8.28. The summed E-state index contributed by atoms with van der Waals surface area (Å²) in [6.07, 6.45) is 6.76. The summed E-state index contributed by atoms with van der Waals surface area (Å²) in [4.78, 5) is 46.8. The van der Waals surface area contributed by atoms with Gasteiger partial charge in [-0.1, -0.05) is 60.1 Å². The van der Waals surface area contributed by atoms with E-state index < -0.39 is 46.6 Å². The highest BCUT2D eigenvalue weighted by Crippen LogP contribution is 2.66. The minimum atomic E-state index is -1.20. The van der Waals surface area contributed by atoms with Gasteiger partial charge in [0.15, 0.2) is 0 Å². The van der Waals surface area contributed by atoms with Gasteiger partial charge >= 0.3 is 5.97 Å². The maximum Gasteiger partial charge on any atom is 0.312 e. The summed E-state index contributed by atoms with van der Waals surface area (Å²) < 4.78 is 12.6. The van der Waals surface area contributed by atoms with Gasteiger partial charge < -0.3 is 24.4 Å². The highest BCUT2D eigenvalue weighted by Gasteiger charge is 2.81. The number of carbonyl (C=O) groups is 3. The van der Waals surface area contributed by atoms with Gasteiger partial charge in [0, 0.05) is 12.1 Å². The molecule has 3 unspecified atom stereocenters. The highest BCUT2D eigenvalue weighted by atomic mass is 16.6. The van der Waals surface area contributed by atoms with Gasteiger partial charge in [-0.25, -0.2) is 0 Å². The van der Waals surface area contributed by atoms with E-state index in [1.165, 1.54) is 0 Å². The summed E-state index contributed by atoms with van der Waals surface area (Å²) in [7, 11) is 0. The zero-order valence-electron chi connectivity index (χ0n) is 27.6. The first kappa shape index (κ1) is 34.3. The number of nitrogens with zero attached hydrogens (tertiary/aromatic N) is 2. The van der Waals surface area contributed by atoms with Crippen LogP contribution in [0.25, 0.3) is 0 Å². The summed E-state index contributed by atoms with van der Waals surface area (Å²) in [5.74, 6) is -2.86. The molecule has 2 amide bonds. The number of hydrogen-bond donors (Lipinski definition) is 1. The first-order chi connectivity index (χ1) is 19.5. The van der Waals surface area contributed by atoms with Crippen molar-refractivity contribution in [2.24, 2.45) is 29.1 Å². The fraction of sp³-hybridized carbons (Fsp3) is 0.794. The molecule has 3 saturated heterocycles. The van der Waals surface area contributed by atoms with E-state index in [1.54, 1.807) is 17.1 Å². The molecule has 0 aromatic heterocycles. The Morgan fingerprint density at radius 1 is 1.24 bits per heavy atom. The first-order valence-corrected chi connectivity index (χ1v) is 15.8. The Balaban J connectivity index is 2.18. The summed E-state index contributed by atoms with van der Waals surface area (Å²) in [5, 5.41) is 10.7. The van der Waals surface area contributed by atoms with Crippen molar-refractivity contribution in [3.63, 3.8) is 0 Å². The monoisotopic (exact) mass is 588 g/mol. The number of allylic oxidation sites excluding steroid dienone is 1. The molecule has 8 atom stereocenters. The lowest BCUT2D eigenvalue weighted by atomic mass is 9.62. The van der Waals surface area contributed by atoms with Crippen LogP contribution < -0.4 is 0 Å². The van der Waals surface area contributed by atoms with Gasteiger partial charge in [0.25, 0.3) is 0 Å². The van der Waals surface area contributed by atoms with Crippen LogP contribution >= 0.6 is 0 Å². The van der Waals surface area contributed by atoms with Crippen LogP contribution in [-0.4, -0.2) is 81.3 Å². The van der Waals surface area contributed by atoms with Gasteiger partial charge in [-0.05, 0) is 63.7 Å². The zero-order chi connectivity index (χ0) is 31.8. The van der Waals surface area contributed by atoms with Crippen molar-refractivity contribution < 1.29 is 29.0 Å². The van der Waals surface area contributed by atoms with Crippen molar-refractivity contribution in [2.45, 2.75) is 123 Å². The molecule has 0 saturated carbocycles. The number of rotatable bonds is 14. The van der Waals surface area contributed by atoms with E-state index in [0.717, 1.165) is 12.8 Å². The van der Waals surface area contributed by atoms with E-state index in [0.29, 0.717) is 25.8 Å². The predicted molar refractivity (Wildman–Crippen MR) is 164 cm³/mol. The smallest absolute Gasteiger partial charge is 0.312 e. The maximum absolute atomic E-state index is 15.0. The predicted octanol–water partition coefficient (Wildman–Crippen LogP) is 5.14. The average molecular weight is 589 g/mol. The molecular weight excluding hydrogens is 532 g/mol. The SMILES string of the molecule is C=CCCCOC(=O)[C@H]1[C@H]2C(=O)N([C@@H](CO)[C@@H](C)CC)C(C(=O)N(CC=C)C(C)(C)CC(C)(C)C)C23CC(C)[C@]1(C)O3. The number of carbonyl (C=O) groups excluding carboxylic acids is 3. The fourth-order valence-electron chi connectivity index (χ4n) is 8.28. The molecule has 3 heterocycles. The molecule has 1 N–H and O–H groups in total. The molecule has 3 aliphatic rings. The third-order valence-electron chi connectivity index (χ3n) is 10.2. The Morgan fingerprint density at radius 3 is 2.40 bits per heavy atom. The van der Waals surface area contributed by atoms with Gasteiger partial charge in [-0.3, -0.25) is 14.4 Å². The van der Waals surface area contributed by atoms with Crippen molar-refractivity contribution in [3.05, 3.63) is 25.3 Å². The number of esters is 1. The maximum atomic E-state index is 15.0. The van der Waals surface area contributed by atoms with E-state index in [-0.39, 0.29) is 42.3 Å². The molecule has 0 radical (unpaired) electrons. The number of amides is 2. The van der Waals surface area contributed by atoms with Crippen molar-refractivity contribution >= 4 is 17.8 Å². The average Bonchev–Trinajstić information content (AvgIpc) is 3.40. The molecule has 0 aliphatic carbocycles. The molecule has 8 nitrogen and oxygen atoms in total. The standard InChI is InChI=1S/C34H56N2O6/c1-12-15-16-18-41-30(40)26-25-28(38)36(24(20-37)22(4)14-3)27(34(25)19-23(5)33(26,11)42-34)29(39)35(17-13-2)32(9,10)21-31(6,7)8/h12-13,22-27,37H,1-2,14-21H2,3-11H3/t22-,23?,24-,25-,26+,27?,33-,34?/m0/s1. The van der Waals surface area contributed by atoms with E-state index >= 15 is 4.79 Å². The molecule has 238 valence electrons. The molecular formula is C34H56N2O6. The van der Waals surface area contributed by atoms with E-state index in [4.69, 9.17) is 9.47 Å². The second kappa shape index (κ2) is 12.4. The topological polar surface area (TPSA) is 96.4 Å². The molecule has 0 aromatic carbocycles. The molecule has 3 rings (SSSR count). The van der Waals surface area contributed by atoms with Crippen LogP contribution in [0.3, 0.4) is 0 Å². The van der Waals surface area contributed by atoms with Crippen molar-refractivity contribution in [1.82, 2.24) is 9.80 Å². The Morgan fingerprint density at radius 2 is 1.88 bits per heavy atom. The Labute approximate surface area is 253 Å². The lowest BCUT2D eigenvalue weighted by Crippen LogP contribution is -2.63. The van der Waals surface area contributed by atoms with Gasteiger partial charge in [-0.2, -0.15) is 0 Å². The Bertz CT molecular complexity index is 1050. The quantitative estimate of drug-likeness (QED) is 0.171. The van der Waals surface area contributed by atoms with Gasteiger partial charge in [-0.15, -0.1) is 13.2 Å².